The molecule has 6 heteroatoms. The molecular weight excluding hydrogens is 393 g/mol. The van der Waals surface area contributed by atoms with Crippen LogP contribution in [-0.2, 0) is 4.79 Å². The molecule has 0 aromatic heterocycles. The van der Waals surface area contributed by atoms with Crippen molar-refractivity contribution in [3.05, 3.63) is 102 Å². The molecule has 3 aromatic carbocycles. The van der Waals surface area contributed by atoms with E-state index >= 15 is 0 Å². The van der Waals surface area contributed by atoms with Gasteiger partial charge in [-0.3, -0.25) is 4.79 Å². The molecule has 3 amide bonds. The zero-order valence-electron chi connectivity index (χ0n) is 17.1. The molecule has 1 fully saturated rings. The van der Waals surface area contributed by atoms with E-state index in [-0.39, 0.29) is 23.5 Å². The molecule has 0 atom stereocenters. The fourth-order valence-corrected chi connectivity index (χ4v) is 3.84. The van der Waals surface area contributed by atoms with Gasteiger partial charge in [-0.25, -0.2) is 9.18 Å². The van der Waals surface area contributed by atoms with Crippen LogP contribution in [0.25, 0.3) is 0 Å². The van der Waals surface area contributed by atoms with E-state index in [0.717, 1.165) is 11.1 Å². The lowest BCUT2D eigenvalue weighted by Gasteiger charge is -2.36. The highest BCUT2D eigenvalue weighted by molar-refractivity contribution is 5.90. The first-order valence-corrected chi connectivity index (χ1v) is 10.3. The topological polar surface area (TPSA) is 52.7 Å². The van der Waals surface area contributed by atoms with Crippen molar-refractivity contribution in [3.8, 4) is 0 Å². The van der Waals surface area contributed by atoms with Crippen LogP contribution in [0.4, 0.5) is 14.9 Å². The quantitative estimate of drug-likeness (QED) is 0.687. The van der Waals surface area contributed by atoms with Crippen LogP contribution in [-0.4, -0.2) is 47.9 Å². The highest BCUT2D eigenvalue weighted by Gasteiger charge is 2.31. The largest absolute Gasteiger partial charge is 0.338 e. The Balaban J connectivity index is 1.44. The van der Waals surface area contributed by atoms with E-state index in [9.17, 15) is 14.0 Å². The fourth-order valence-electron chi connectivity index (χ4n) is 3.84. The SMILES string of the molecule is O=C(Nc1ccccc1F)N1CCN(C(=O)C(c2ccccc2)c2ccccc2)CC1. The van der Waals surface area contributed by atoms with Crippen molar-refractivity contribution >= 4 is 17.6 Å². The molecular formula is C25H24FN3O2. The number of hydrogen-bond donors (Lipinski definition) is 1. The molecule has 3 aromatic rings. The minimum Gasteiger partial charge on any atom is -0.338 e. The lowest BCUT2D eigenvalue weighted by molar-refractivity contribution is -0.133. The van der Waals surface area contributed by atoms with Crippen molar-refractivity contribution < 1.29 is 14.0 Å². The molecule has 158 valence electrons. The Labute approximate surface area is 181 Å². The number of rotatable bonds is 4. The third-order valence-corrected chi connectivity index (χ3v) is 5.51. The van der Waals surface area contributed by atoms with E-state index in [2.05, 4.69) is 5.32 Å². The Morgan fingerprint density at radius 2 is 1.19 bits per heavy atom. The monoisotopic (exact) mass is 417 g/mol. The number of urea groups is 1. The van der Waals surface area contributed by atoms with Gasteiger partial charge in [-0.15, -0.1) is 0 Å². The number of para-hydroxylation sites is 1. The summed E-state index contributed by atoms with van der Waals surface area (Å²) in [5, 5.41) is 2.61. The van der Waals surface area contributed by atoms with Gasteiger partial charge in [-0.2, -0.15) is 0 Å². The van der Waals surface area contributed by atoms with Gasteiger partial charge in [-0.05, 0) is 23.3 Å². The van der Waals surface area contributed by atoms with Crippen molar-refractivity contribution in [1.29, 1.82) is 0 Å². The molecule has 1 aliphatic heterocycles. The number of benzene rings is 3. The summed E-state index contributed by atoms with van der Waals surface area (Å²) in [6, 6.07) is 25.2. The molecule has 0 radical (unpaired) electrons. The zero-order chi connectivity index (χ0) is 21.6. The molecule has 1 aliphatic rings. The van der Waals surface area contributed by atoms with Gasteiger partial charge in [0.2, 0.25) is 5.91 Å². The summed E-state index contributed by atoms with van der Waals surface area (Å²) >= 11 is 0. The maximum atomic E-state index is 13.8. The summed E-state index contributed by atoms with van der Waals surface area (Å²) < 4.78 is 13.8. The molecule has 0 spiro atoms. The van der Waals surface area contributed by atoms with Crippen LogP contribution >= 0.6 is 0 Å². The Bertz CT molecular complexity index is 995. The van der Waals surface area contributed by atoms with E-state index in [0.29, 0.717) is 26.2 Å². The third-order valence-electron chi connectivity index (χ3n) is 5.51. The standard InChI is InChI=1S/C25H24FN3O2/c26-21-13-7-8-14-22(21)27-25(31)29-17-15-28(16-18-29)24(30)23(19-9-3-1-4-10-19)20-11-5-2-6-12-20/h1-14,23H,15-18H2,(H,27,31). The van der Waals surface area contributed by atoms with Crippen molar-refractivity contribution in [1.82, 2.24) is 9.80 Å². The molecule has 5 nitrogen and oxygen atoms in total. The second-order valence-electron chi connectivity index (χ2n) is 7.48. The number of amides is 3. The van der Waals surface area contributed by atoms with Gasteiger partial charge in [0.1, 0.15) is 5.82 Å². The molecule has 0 bridgehead atoms. The molecule has 0 unspecified atom stereocenters. The second-order valence-corrected chi connectivity index (χ2v) is 7.48. The number of piperazine rings is 1. The van der Waals surface area contributed by atoms with Crippen molar-refractivity contribution in [3.63, 3.8) is 0 Å². The molecule has 1 heterocycles. The highest BCUT2D eigenvalue weighted by Crippen LogP contribution is 2.27. The molecule has 4 rings (SSSR count). The number of nitrogens with one attached hydrogen (secondary N) is 1. The molecule has 31 heavy (non-hydrogen) atoms. The summed E-state index contributed by atoms with van der Waals surface area (Å²) in [5.74, 6) is -0.842. The first-order chi connectivity index (χ1) is 15.1. The Morgan fingerprint density at radius 1 is 0.710 bits per heavy atom. The molecule has 1 saturated heterocycles. The summed E-state index contributed by atoms with van der Waals surface area (Å²) in [6.07, 6.45) is 0. The summed E-state index contributed by atoms with van der Waals surface area (Å²) in [5.41, 5.74) is 2.04. The Hall–Kier alpha value is -3.67. The Kier molecular flexibility index (Phi) is 6.26. The van der Waals surface area contributed by atoms with Crippen LogP contribution in [0, 0.1) is 5.82 Å². The van der Waals surface area contributed by atoms with Crippen LogP contribution in [0.5, 0.6) is 0 Å². The predicted octanol–water partition coefficient (Wildman–Crippen LogP) is 4.33. The Morgan fingerprint density at radius 3 is 1.74 bits per heavy atom. The van der Waals surface area contributed by atoms with Crippen LogP contribution < -0.4 is 5.32 Å². The number of halogens is 1. The summed E-state index contributed by atoms with van der Waals surface area (Å²) in [4.78, 5) is 29.4. The van der Waals surface area contributed by atoms with Gasteiger partial charge in [0.05, 0.1) is 11.6 Å². The normalized spacial score (nSPS) is 13.9. The lowest BCUT2D eigenvalue weighted by Crippen LogP contribution is -2.52. The van der Waals surface area contributed by atoms with Crippen molar-refractivity contribution in [2.45, 2.75) is 5.92 Å². The number of hydrogen-bond acceptors (Lipinski definition) is 2. The van der Waals surface area contributed by atoms with Crippen LogP contribution in [0.15, 0.2) is 84.9 Å². The summed E-state index contributed by atoms with van der Waals surface area (Å²) in [7, 11) is 0. The third kappa shape index (κ3) is 4.74. The van der Waals surface area contributed by atoms with Crippen LogP contribution in [0.3, 0.4) is 0 Å². The van der Waals surface area contributed by atoms with E-state index in [1.165, 1.54) is 12.1 Å². The van der Waals surface area contributed by atoms with Crippen LogP contribution in [0.1, 0.15) is 17.0 Å². The van der Waals surface area contributed by atoms with E-state index in [1.807, 2.05) is 60.7 Å². The average Bonchev–Trinajstić information content (AvgIpc) is 2.82. The van der Waals surface area contributed by atoms with Crippen molar-refractivity contribution in [2.75, 3.05) is 31.5 Å². The maximum absolute atomic E-state index is 13.8. The minimum absolute atomic E-state index is 0.0200. The molecule has 0 aliphatic carbocycles. The molecule has 1 N–H and O–H groups in total. The second kappa shape index (κ2) is 9.43. The smallest absolute Gasteiger partial charge is 0.322 e. The molecule has 0 saturated carbocycles. The first-order valence-electron chi connectivity index (χ1n) is 10.3. The number of anilines is 1. The highest BCUT2D eigenvalue weighted by atomic mass is 19.1. The van der Waals surface area contributed by atoms with E-state index in [1.54, 1.807) is 21.9 Å². The first kappa shape index (κ1) is 20.6. The van der Waals surface area contributed by atoms with Gasteiger partial charge in [0, 0.05) is 26.2 Å². The van der Waals surface area contributed by atoms with Gasteiger partial charge < -0.3 is 15.1 Å². The number of nitrogens with zero attached hydrogens (tertiary/aromatic N) is 2. The van der Waals surface area contributed by atoms with Gasteiger partial charge in [0.25, 0.3) is 0 Å². The van der Waals surface area contributed by atoms with E-state index in [4.69, 9.17) is 0 Å². The lowest BCUT2D eigenvalue weighted by atomic mass is 9.90. The predicted molar refractivity (Wildman–Crippen MR) is 118 cm³/mol. The van der Waals surface area contributed by atoms with Crippen LogP contribution in [0.2, 0.25) is 0 Å². The maximum Gasteiger partial charge on any atom is 0.322 e. The van der Waals surface area contributed by atoms with Gasteiger partial charge in [0.15, 0.2) is 0 Å². The number of carbonyl (C=O) groups is 2. The zero-order valence-corrected chi connectivity index (χ0v) is 17.1. The van der Waals surface area contributed by atoms with E-state index < -0.39 is 5.82 Å². The van der Waals surface area contributed by atoms with Gasteiger partial charge >= 0.3 is 6.03 Å². The fraction of sp³-hybridized carbons (Fsp3) is 0.200. The number of carbonyl (C=O) groups excluding carboxylic acids is 2. The van der Waals surface area contributed by atoms with Crippen molar-refractivity contribution in [2.24, 2.45) is 0 Å². The average molecular weight is 417 g/mol. The minimum atomic E-state index is -0.474. The van der Waals surface area contributed by atoms with Gasteiger partial charge in [-0.1, -0.05) is 72.8 Å². The summed E-state index contributed by atoms with van der Waals surface area (Å²) in [6.45, 7) is 1.64.